The van der Waals surface area contributed by atoms with Crippen molar-refractivity contribution in [2.75, 3.05) is 13.3 Å². The van der Waals surface area contributed by atoms with Gasteiger partial charge in [0, 0.05) is 12.1 Å². The van der Waals surface area contributed by atoms with Crippen LogP contribution >= 0.6 is 0 Å². The molecule has 1 aliphatic rings. The molecule has 0 atom stereocenters. The molecule has 0 saturated heterocycles. The Morgan fingerprint density at radius 1 is 1.36 bits per heavy atom. The monoisotopic (exact) mass is 191 g/mol. The summed E-state index contributed by atoms with van der Waals surface area (Å²) in [6.07, 6.45) is 1.10. The number of fused-ring (bicyclic) bond motifs is 1. The summed E-state index contributed by atoms with van der Waals surface area (Å²) >= 11 is 0. The van der Waals surface area contributed by atoms with Crippen LogP contribution in [0.2, 0.25) is 0 Å². The zero-order chi connectivity index (χ0) is 9.97. The fourth-order valence-electron chi connectivity index (χ4n) is 1.77. The lowest BCUT2D eigenvalue weighted by Gasteiger charge is -2.28. The number of aryl methyl sites for hydroxylation is 1. The van der Waals surface area contributed by atoms with Crippen LogP contribution in [0.4, 0.5) is 0 Å². The molecule has 0 radical (unpaired) electrons. The van der Waals surface area contributed by atoms with E-state index in [4.69, 9.17) is 4.74 Å². The number of rotatable bonds is 2. The van der Waals surface area contributed by atoms with Crippen molar-refractivity contribution < 1.29 is 4.74 Å². The second-order valence-electron chi connectivity index (χ2n) is 3.71. The highest BCUT2D eigenvalue weighted by atomic mass is 16.5. The molecule has 0 fully saturated rings. The van der Waals surface area contributed by atoms with Crippen molar-refractivity contribution in [3.63, 3.8) is 0 Å². The van der Waals surface area contributed by atoms with Gasteiger partial charge in [0.05, 0.1) is 0 Å². The summed E-state index contributed by atoms with van der Waals surface area (Å²) in [6.45, 7) is 7.16. The Balaban J connectivity index is 2.25. The topological polar surface area (TPSA) is 12.5 Å². The molecule has 0 spiro atoms. The first-order valence-electron chi connectivity index (χ1n) is 5.30. The number of ether oxygens (including phenoxy) is 1. The molecule has 1 aliphatic heterocycles. The van der Waals surface area contributed by atoms with Crippen LogP contribution in [0.5, 0.6) is 5.75 Å². The first kappa shape index (κ1) is 9.53. The van der Waals surface area contributed by atoms with E-state index in [1.54, 1.807) is 0 Å². The van der Waals surface area contributed by atoms with E-state index in [1.165, 1.54) is 11.1 Å². The maximum absolute atomic E-state index is 5.65. The van der Waals surface area contributed by atoms with Crippen molar-refractivity contribution in [2.45, 2.75) is 26.8 Å². The van der Waals surface area contributed by atoms with Crippen LogP contribution in [0.25, 0.3) is 0 Å². The third-order valence-electron chi connectivity index (χ3n) is 2.78. The van der Waals surface area contributed by atoms with E-state index in [1.807, 2.05) is 0 Å². The van der Waals surface area contributed by atoms with Gasteiger partial charge in [-0.1, -0.05) is 26.0 Å². The van der Waals surface area contributed by atoms with Crippen molar-refractivity contribution in [1.29, 1.82) is 0 Å². The van der Waals surface area contributed by atoms with E-state index in [0.717, 1.165) is 32.0 Å². The Labute approximate surface area is 85.5 Å². The standard InChI is InChI=1S/C12H17NO/c1-3-10-5-6-12-11(7-10)8-13(4-2)9-14-12/h5-7H,3-4,8-9H2,1-2H3. The fourth-order valence-corrected chi connectivity index (χ4v) is 1.77. The lowest BCUT2D eigenvalue weighted by Crippen LogP contribution is -2.31. The molecule has 0 bridgehead atoms. The van der Waals surface area contributed by atoms with Crippen LogP contribution in [0.1, 0.15) is 25.0 Å². The first-order chi connectivity index (χ1) is 6.83. The summed E-state index contributed by atoms with van der Waals surface area (Å²) < 4.78 is 5.65. The van der Waals surface area contributed by atoms with Gasteiger partial charge >= 0.3 is 0 Å². The van der Waals surface area contributed by atoms with Gasteiger partial charge < -0.3 is 4.74 Å². The number of nitrogens with zero attached hydrogens (tertiary/aromatic N) is 1. The van der Waals surface area contributed by atoms with Crippen molar-refractivity contribution in [1.82, 2.24) is 4.90 Å². The van der Waals surface area contributed by atoms with Crippen molar-refractivity contribution >= 4 is 0 Å². The number of hydrogen-bond donors (Lipinski definition) is 0. The van der Waals surface area contributed by atoms with Gasteiger partial charge in [-0.25, -0.2) is 0 Å². The quantitative estimate of drug-likeness (QED) is 0.712. The first-order valence-corrected chi connectivity index (χ1v) is 5.30. The number of benzene rings is 1. The normalized spacial score (nSPS) is 16.1. The van der Waals surface area contributed by atoms with E-state index in [2.05, 4.69) is 36.9 Å². The van der Waals surface area contributed by atoms with Crippen LogP contribution in [0, 0.1) is 0 Å². The molecule has 1 aromatic rings. The minimum atomic E-state index is 0.731. The van der Waals surface area contributed by atoms with Crippen LogP contribution < -0.4 is 4.74 Å². The molecule has 0 unspecified atom stereocenters. The zero-order valence-corrected chi connectivity index (χ0v) is 8.92. The molecule has 0 saturated carbocycles. The largest absolute Gasteiger partial charge is 0.478 e. The van der Waals surface area contributed by atoms with E-state index < -0.39 is 0 Å². The Morgan fingerprint density at radius 2 is 2.21 bits per heavy atom. The lowest BCUT2D eigenvalue weighted by atomic mass is 10.1. The van der Waals surface area contributed by atoms with Crippen LogP contribution in [-0.2, 0) is 13.0 Å². The highest BCUT2D eigenvalue weighted by Gasteiger charge is 2.15. The average molecular weight is 191 g/mol. The Hall–Kier alpha value is -1.02. The molecule has 1 heterocycles. The zero-order valence-electron chi connectivity index (χ0n) is 8.92. The van der Waals surface area contributed by atoms with Gasteiger partial charge in [0.15, 0.2) is 0 Å². The smallest absolute Gasteiger partial charge is 0.142 e. The van der Waals surface area contributed by atoms with Gasteiger partial charge in [0.2, 0.25) is 0 Å². The predicted molar refractivity (Wildman–Crippen MR) is 57.4 cm³/mol. The van der Waals surface area contributed by atoms with E-state index in [-0.39, 0.29) is 0 Å². The Bertz CT molecular complexity index is 322. The summed E-state index contributed by atoms with van der Waals surface area (Å²) in [5.74, 6) is 1.06. The second kappa shape index (κ2) is 4.01. The van der Waals surface area contributed by atoms with Crippen LogP contribution in [0.15, 0.2) is 18.2 Å². The molecule has 0 aliphatic carbocycles. The van der Waals surface area contributed by atoms with Gasteiger partial charge in [0.25, 0.3) is 0 Å². The lowest BCUT2D eigenvalue weighted by molar-refractivity contribution is 0.101. The fraction of sp³-hybridized carbons (Fsp3) is 0.500. The minimum Gasteiger partial charge on any atom is -0.478 e. The van der Waals surface area contributed by atoms with Crippen LogP contribution in [0.3, 0.4) is 0 Å². The van der Waals surface area contributed by atoms with Gasteiger partial charge in [-0.05, 0) is 24.6 Å². The molecular formula is C12H17NO. The third kappa shape index (κ3) is 1.75. The SMILES string of the molecule is CCc1ccc2c(c1)CN(CC)CO2. The molecule has 0 N–H and O–H groups in total. The Morgan fingerprint density at radius 3 is 2.93 bits per heavy atom. The maximum atomic E-state index is 5.65. The second-order valence-corrected chi connectivity index (χ2v) is 3.71. The third-order valence-corrected chi connectivity index (χ3v) is 2.78. The summed E-state index contributed by atoms with van der Waals surface area (Å²) in [5, 5.41) is 0. The molecule has 1 aromatic carbocycles. The maximum Gasteiger partial charge on any atom is 0.142 e. The van der Waals surface area contributed by atoms with Gasteiger partial charge in [0.1, 0.15) is 12.5 Å². The van der Waals surface area contributed by atoms with E-state index >= 15 is 0 Å². The van der Waals surface area contributed by atoms with E-state index in [9.17, 15) is 0 Å². The van der Waals surface area contributed by atoms with Crippen LogP contribution in [-0.4, -0.2) is 18.2 Å². The summed E-state index contributed by atoms with van der Waals surface area (Å²) in [5.41, 5.74) is 2.72. The van der Waals surface area contributed by atoms with E-state index in [0.29, 0.717) is 0 Å². The summed E-state index contributed by atoms with van der Waals surface area (Å²) in [7, 11) is 0. The molecule has 76 valence electrons. The van der Waals surface area contributed by atoms with Crippen molar-refractivity contribution in [3.05, 3.63) is 29.3 Å². The minimum absolute atomic E-state index is 0.731. The highest BCUT2D eigenvalue weighted by molar-refractivity contribution is 5.38. The number of hydrogen-bond acceptors (Lipinski definition) is 2. The Kier molecular flexibility index (Phi) is 2.73. The molecule has 0 aromatic heterocycles. The predicted octanol–water partition coefficient (Wildman–Crippen LogP) is 2.42. The van der Waals surface area contributed by atoms with Crippen molar-refractivity contribution in [3.8, 4) is 5.75 Å². The van der Waals surface area contributed by atoms with Gasteiger partial charge in [-0.3, -0.25) is 4.90 Å². The molecule has 2 heteroatoms. The van der Waals surface area contributed by atoms with Gasteiger partial charge in [-0.15, -0.1) is 0 Å². The molecule has 14 heavy (non-hydrogen) atoms. The van der Waals surface area contributed by atoms with Gasteiger partial charge in [-0.2, -0.15) is 0 Å². The summed E-state index contributed by atoms with van der Waals surface area (Å²) in [4.78, 5) is 2.29. The molecular weight excluding hydrogens is 174 g/mol. The molecule has 0 amide bonds. The molecule has 2 rings (SSSR count). The highest BCUT2D eigenvalue weighted by Crippen LogP contribution is 2.25. The molecule has 2 nitrogen and oxygen atoms in total. The van der Waals surface area contributed by atoms with Crippen molar-refractivity contribution in [2.24, 2.45) is 0 Å². The summed E-state index contributed by atoms with van der Waals surface area (Å²) in [6, 6.07) is 6.51. The average Bonchev–Trinajstić information content (AvgIpc) is 2.27.